The van der Waals surface area contributed by atoms with Crippen molar-refractivity contribution < 1.29 is 13.2 Å². The lowest BCUT2D eigenvalue weighted by Crippen LogP contribution is -2.35. The zero-order valence-corrected chi connectivity index (χ0v) is 16.4. The minimum absolute atomic E-state index is 0.0630. The summed E-state index contributed by atoms with van der Waals surface area (Å²) in [5.41, 5.74) is 1.74. The van der Waals surface area contributed by atoms with Crippen LogP contribution in [0, 0.1) is 6.92 Å². The van der Waals surface area contributed by atoms with E-state index < -0.39 is 15.9 Å². The molecule has 1 aromatic heterocycles. The van der Waals surface area contributed by atoms with Crippen LogP contribution in [0.5, 0.6) is 0 Å². The van der Waals surface area contributed by atoms with E-state index in [0.29, 0.717) is 16.2 Å². The van der Waals surface area contributed by atoms with Gasteiger partial charge < -0.3 is 5.32 Å². The number of hydrogen-bond donors (Lipinski definition) is 1. The van der Waals surface area contributed by atoms with Crippen LogP contribution in [0.2, 0.25) is 5.02 Å². The number of nitrogens with one attached hydrogen (secondary N) is 1. The lowest BCUT2D eigenvalue weighted by atomic mass is 10.2. The van der Waals surface area contributed by atoms with Crippen LogP contribution in [-0.2, 0) is 14.8 Å². The lowest BCUT2D eigenvalue weighted by Gasteiger charge is -2.18. The topological polar surface area (TPSA) is 79.4 Å². The Morgan fingerprint density at radius 3 is 2.67 bits per heavy atom. The number of rotatable bonds is 5. The highest BCUT2D eigenvalue weighted by atomic mass is 35.5. The zero-order chi connectivity index (χ0) is 19.6. The molecule has 0 unspecified atom stereocenters. The smallest absolute Gasteiger partial charge is 0.245 e. The highest BCUT2D eigenvalue weighted by Gasteiger charge is 2.25. The Hall–Kier alpha value is -2.48. The number of amides is 1. The van der Waals surface area contributed by atoms with Gasteiger partial charge in [-0.05, 0) is 36.8 Å². The van der Waals surface area contributed by atoms with Gasteiger partial charge in [0.2, 0.25) is 15.9 Å². The number of para-hydroxylation sites is 2. The van der Waals surface area contributed by atoms with Crippen LogP contribution >= 0.6 is 11.6 Å². The summed E-state index contributed by atoms with van der Waals surface area (Å²) in [4.78, 5) is 16.6. The van der Waals surface area contributed by atoms with Crippen molar-refractivity contribution in [3.63, 3.8) is 0 Å². The largest absolute Gasteiger partial charge is 0.324 e. The van der Waals surface area contributed by atoms with E-state index in [1.165, 1.54) is 13.1 Å². The number of anilines is 1. The molecule has 0 aliphatic carbocycles. The van der Waals surface area contributed by atoms with Crippen molar-refractivity contribution in [2.45, 2.75) is 11.8 Å². The predicted molar refractivity (Wildman–Crippen MR) is 106 cm³/mol. The maximum Gasteiger partial charge on any atom is 0.245 e. The molecule has 2 aromatic carbocycles. The molecule has 0 saturated heterocycles. The number of nitrogens with zero attached hydrogens (tertiary/aromatic N) is 2. The van der Waals surface area contributed by atoms with Gasteiger partial charge in [-0.15, -0.1) is 0 Å². The van der Waals surface area contributed by atoms with Gasteiger partial charge in [0.15, 0.2) is 0 Å². The van der Waals surface area contributed by atoms with Gasteiger partial charge in [0, 0.05) is 18.6 Å². The molecule has 0 aliphatic heterocycles. The summed E-state index contributed by atoms with van der Waals surface area (Å²) in [6, 6.07) is 13.6. The highest BCUT2D eigenvalue weighted by Crippen LogP contribution is 2.24. The van der Waals surface area contributed by atoms with Crippen molar-refractivity contribution >= 4 is 44.1 Å². The molecule has 6 nitrogen and oxygen atoms in total. The fourth-order valence-corrected chi connectivity index (χ4v) is 4.13. The van der Waals surface area contributed by atoms with Gasteiger partial charge in [-0.1, -0.05) is 35.9 Å². The number of aromatic nitrogens is 1. The molecule has 0 saturated carbocycles. The maximum absolute atomic E-state index is 13.0. The normalized spacial score (nSPS) is 11.7. The third-order valence-corrected chi connectivity index (χ3v) is 6.18. The molecule has 1 amide bonds. The van der Waals surface area contributed by atoms with Crippen molar-refractivity contribution in [2.24, 2.45) is 0 Å². The minimum atomic E-state index is -3.90. The number of hydrogen-bond acceptors (Lipinski definition) is 4. The Bertz CT molecular complexity index is 1120. The quantitative estimate of drug-likeness (QED) is 0.707. The van der Waals surface area contributed by atoms with Gasteiger partial charge in [0.1, 0.15) is 4.90 Å². The number of fused-ring (bicyclic) bond motifs is 1. The van der Waals surface area contributed by atoms with E-state index in [-0.39, 0.29) is 11.4 Å². The molecule has 1 N–H and O–H groups in total. The van der Waals surface area contributed by atoms with E-state index in [2.05, 4.69) is 10.3 Å². The molecule has 1 heterocycles. The number of pyridine rings is 1. The average molecular weight is 404 g/mol. The molecule has 0 radical (unpaired) electrons. The molecule has 0 spiro atoms. The predicted octanol–water partition coefficient (Wildman–Crippen LogP) is 3.46. The van der Waals surface area contributed by atoms with Crippen molar-refractivity contribution in [3.05, 3.63) is 65.3 Å². The van der Waals surface area contributed by atoms with Crippen molar-refractivity contribution in [3.8, 4) is 0 Å². The Kier molecular flexibility index (Phi) is 5.46. The van der Waals surface area contributed by atoms with E-state index in [0.717, 1.165) is 15.3 Å². The Labute approximate surface area is 162 Å². The molecule has 8 heteroatoms. The zero-order valence-electron chi connectivity index (χ0n) is 14.8. The molecule has 3 aromatic rings. The number of benzene rings is 2. The second-order valence-electron chi connectivity index (χ2n) is 6.13. The summed E-state index contributed by atoms with van der Waals surface area (Å²) in [5.74, 6) is -0.488. The second-order valence-corrected chi connectivity index (χ2v) is 8.55. The first-order valence-electron chi connectivity index (χ1n) is 8.15. The van der Waals surface area contributed by atoms with E-state index in [9.17, 15) is 13.2 Å². The van der Waals surface area contributed by atoms with Crippen molar-refractivity contribution in [2.75, 3.05) is 18.9 Å². The van der Waals surface area contributed by atoms with Crippen LogP contribution in [0.15, 0.2) is 59.6 Å². The molecule has 140 valence electrons. The van der Waals surface area contributed by atoms with Gasteiger partial charge in [0.05, 0.1) is 22.8 Å². The van der Waals surface area contributed by atoms with Crippen LogP contribution in [0.4, 0.5) is 5.69 Å². The molecular formula is C19H18ClN3O3S. The third-order valence-electron chi connectivity index (χ3n) is 4.01. The minimum Gasteiger partial charge on any atom is -0.324 e. The fraction of sp³-hybridized carbons (Fsp3) is 0.158. The Balaban J connectivity index is 1.85. The molecule has 0 aliphatic rings. The Morgan fingerprint density at radius 2 is 1.93 bits per heavy atom. The molecule has 3 rings (SSSR count). The first kappa shape index (κ1) is 19.3. The van der Waals surface area contributed by atoms with Gasteiger partial charge >= 0.3 is 0 Å². The summed E-state index contributed by atoms with van der Waals surface area (Å²) in [5, 5.41) is 3.72. The number of sulfonamides is 1. The molecular weight excluding hydrogens is 386 g/mol. The van der Waals surface area contributed by atoms with E-state index in [1.807, 2.05) is 13.0 Å². The summed E-state index contributed by atoms with van der Waals surface area (Å²) < 4.78 is 26.9. The molecule has 27 heavy (non-hydrogen) atoms. The van der Waals surface area contributed by atoms with E-state index in [4.69, 9.17) is 11.6 Å². The standard InChI is InChI=1S/C19H18ClN3O3S/c1-13-10-14-6-5-9-17(19(14)21-11-13)27(25,26)23(2)12-18(24)22-16-8-4-3-7-15(16)20/h3-11H,12H2,1-2H3,(H,22,24). The maximum atomic E-state index is 13.0. The van der Waals surface area contributed by atoms with E-state index >= 15 is 0 Å². The first-order valence-corrected chi connectivity index (χ1v) is 9.97. The fourth-order valence-electron chi connectivity index (χ4n) is 2.66. The van der Waals surface area contributed by atoms with Crippen molar-refractivity contribution in [1.29, 1.82) is 0 Å². The van der Waals surface area contributed by atoms with Crippen LogP contribution in [0.25, 0.3) is 10.9 Å². The van der Waals surface area contributed by atoms with Gasteiger partial charge in [0.25, 0.3) is 0 Å². The van der Waals surface area contributed by atoms with Crippen LogP contribution in [0.3, 0.4) is 0 Å². The average Bonchev–Trinajstić information content (AvgIpc) is 2.62. The lowest BCUT2D eigenvalue weighted by molar-refractivity contribution is -0.116. The number of likely N-dealkylation sites (N-methyl/N-ethyl adjacent to an activating group) is 1. The summed E-state index contributed by atoms with van der Waals surface area (Å²) in [6.45, 7) is 1.54. The Morgan fingerprint density at radius 1 is 1.19 bits per heavy atom. The number of aryl methyl sites for hydroxylation is 1. The van der Waals surface area contributed by atoms with Crippen LogP contribution < -0.4 is 5.32 Å². The summed E-state index contributed by atoms with van der Waals surface area (Å²) >= 11 is 6.01. The van der Waals surface area contributed by atoms with Crippen LogP contribution in [-0.4, -0.2) is 37.2 Å². The van der Waals surface area contributed by atoms with E-state index in [1.54, 1.807) is 42.6 Å². The van der Waals surface area contributed by atoms with Crippen molar-refractivity contribution in [1.82, 2.24) is 9.29 Å². The first-order chi connectivity index (χ1) is 12.8. The highest BCUT2D eigenvalue weighted by molar-refractivity contribution is 7.89. The molecule has 0 atom stereocenters. The third kappa shape index (κ3) is 4.10. The molecule has 0 bridgehead atoms. The summed E-state index contributed by atoms with van der Waals surface area (Å²) in [7, 11) is -2.54. The number of carbonyl (C=O) groups is 1. The van der Waals surface area contributed by atoms with Crippen LogP contribution in [0.1, 0.15) is 5.56 Å². The summed E-state index contributed by atoms with van der Waals surface area (Å²) in [6.07, 6.45) is 1.62. The SMILES string of the molecule is Cc1cnc2c(S(=O)(=O)N(C)CC(=O)Nc3ccccc3Cl)cccc2c1. The van der Waals surface area contributed by atoms with Gasteiger partial charge in [-0.3, -0.25) is 9.78 Å². The molecule has 0 fully saturated rings. The second kappa shape index (κ2) is 7.64. The number of carbonyl (C=O) groups excluding carboxylic acids is 1. The monoisotopic (exact) mass is 403 g/mol. The van der Waals surface area contributed by atoms with Gasteiger partial charge in [-0.2, -0.15) is 4.31 Å². The number of halogens is 1. The van der Waals surface area contributed by atoms with Gasteiger partial charge in [-0.25, -0.2) is 8.42 Å².